The molecule has 0 radical (unpaired) electrons. The molecular weight excluding hydrogens is 296 g/mol. The van der Waals surface area contributed by atoms with Crippen molar-refractivity contribution in [3.63, 3.8) is 0 Å². The van der Waals surface area contributed by atoms with Crippen molar-refractivity contribution in [2.45, 2.75) is 19.4 Å². The summed E-state index contributed by atoms with van der Waals surface area (Å²) in [7, 11) is 0. The monoisotopic (exact) mass is 314 g/mol. The van der Waals surface area contributed by atoms with Crippen LogP contribution in [0.15, 0.2) is 48.5 Å². The van der Waals surface area contributed by atoms with Crippen LogP contribution in [0.3, 0.4) is 0 Å². The van der Waals surface area contributed by atoms with Crippen LogP contribution in [0.1, 0.15) is 22.8 Å². The maximum atomic E-state index is 11.9. The molecule has 0 saturated heterocycles. The molecule has 0 heterocycles. The third-order valence-electron chi connectivity index (χ3n) is 3.53. The summed E-state index contributed by atoms with van der Waals surface area (Å²) in [5, 5.41) is 23.5. The second-order valence-corrected chi connectivity index (χ2v) is 5.28. The van der Waals surface area contributed by atoms with Crippen LogP contribution in [-0.2, 0) is 11.2 Å². The van der Waals surface area contributed by atoms with E-state index >= 15 is 0 Å². The van der Waals surface area contributed by atoms with Gasteiger partial charge in [-0.2, -0.15) is 0 Å². The van der Waals surface area contributed by atoms with Crippen LogP contribution in [-0.4, -0.2) is 22.5 Å². The van der Waals surface area contributed by atoms with Gasteiger partial charge in [0.05, 0.1) is 17.4 Å². The maximum Gasteiger partial charge on any atom is 0.269 e. The van der Waals surface area contributed by atoms with Crippen LogP contribution in [0, 0.1) is 17.0 Å². The number of carbonyl (C=O) groups excluding carboxylic acids is 1. The van der Waals surface area contributed by atoms with Crippen molar-refractivity contribution in [1.82, 2.24) is 5.32 Å². The summed E-state index contributed by atoms with van der Waals surface area (Å²) in [4.78, 5) is 22.1. The van der Waals surface area contributed by atoms with E-state index in [1.165, 1.54) is 12.1 Å². The largest absolute Gasteiger partial charge is 0.387 e. The number of amides is 1. The molecule has 0 aliphatic rings. The van der Waals surface area contributed by atoms with Gasteiger partial charge in [-0.05, 0) is 23.6 Å². The van der Waals surface area contributed by atoms with E-state index in [9.17, 15) is 20.0 Å². The molecule has 2 aromatic carbocycles. The summed E-state index contributed by atoms with van der Waals surface area (Å²) in [6.07, 6.45) is -0.757. The second-order valence-electron chi connectivity index (χ2n) is 5.28. The molecule has 0 spiro atoms. The highest BCUT2D eigenvalue weighted by Crippen LogP contribution is 2.16. The summed E-state index contributed by atoms with van der Waals surface area (Å²) in [5.41, 5.74) is 2.23. The number of carbonyl (C=O) groups is 1. The number of nitro groups is 1. The minimum absolute atomic E-state index is 0.0299. The zero-order valence-electron chi connectivity index (χ0n) is 12.7. The number of aliphatic hydroxyl groups is 1. The minimum Gasteiger partial charge on any atom is -0.387 e. The van der Waals surface area contributed by atoms with Gasteiger partial charge in [-0.1, -0.05) is 36.4 Å². The number of non-ortho nitro benzene ring substituents is 1. The SMILES string of the molecule is Cc1ccccc1C(O)CNC(=O)Cc1cccc([N+](=O)[O-])c1. The Morgan fingerprint density at radius 2 is 2.00 bits per heavy atom. The van der Waals surface area contributed by atoms with Gasteiger partial charge in [0, 0.05) is 18.7 Å². The first kappa shape index (κ1) is 16.6. The average Bonchev–Trinajstić information content (AvgIpc) is 2.53. The molecule has 1 atom stereocenters. The Labute approximate surface area is 133 Å². The minimum atomic E-state index is -0.787. The lowest BCUT2D eigenvalue weighted by Crippen LogP contribution is -2.29. The van der Waals surface area contributed by atoms with Crippen molar-refractivity contribution in [2.75, 3.05) is 6.54 Å². The van der Waals surface area contributed by atoms with Crippen LogP contribution in [0.25, 0.3) is 0 Å². The van der Waals surface area contributed by atoms with Gasteiger partial charge >= 0.3 is 0 Å². The smallest absolute Gasteiger partial charge is 0.269 e. The average molecular weight is 314 g/mol. The van der Waals surface area contributed by atoms with Gasteiger partial charge in [0.1, 0.15) is 0 Å². The molecule has 0 aliphatic heterocycles. The van der Waals surface area contributed by atoms with E-state index in [1.54, 1.807) is 12.1 Å². The highest BCUT2D eigenvalue weighted by molar-refractivity contribution is 5.78. The number of benzene rings is 2. The van der Waals surface area contributed by atoms with Crippen LogP contribution in [0.2, 0.25) is 0 Å². The van der Waals surface area contributed by atoms with Crippen molar-refractivity contribution < 1.29 is 14.8 Å². The Morgan fingerprint density at radius 3 is 2.70 bits per heavy atom. The number of nitrogens with zero attached hydrogens (tertiary/aromatic N) is 1. The van der Waals surface area contributed by atoms with E-state index in [2.05, 4.69) is 5.32 Å². The van der Waals surface area contributed by atoms with Crippen LogP contribution < -0.4 is 5.32 Å². The normalized spacial score (nSPS) is 11.7. The zero-order chi connectivity index (χ0) is 16.8. The Balaban J connectivity index is 1.91. The number of aryl methyl sites for hydroxylation is 1. The molecule has 6 heteroatoms. The van der Waals surface area contributed by atoms with Crippen molar-refractivity contribution >= 4 is 11.6 Å². The third-order valence-corrected chi connectivity index (χ3v) is 3.53. The van der Waals surface area contributed by atoms with Crippen LogP contribution in [0.5, 0.6) is 0 Å². The Kier molecular flexibility index (Phi) is 5.43. The fourth-order valence-electron chi connectivity index (χ4n) is 2.31. The highest BCUT2D eigenvalue weighted by Gasteiger charge is 2.13. The van der Waals surface area contributed by atoms with Crippen molar-refractivity contribution in [2.24, 2.45) is 0 Å². The number of hydrogen-bond donors (Lipinski definition) is 2. The van der Waals surface area contributed by atoms with Gasteiger partial charge in [0.2, 0.25) is 5.91 Å². The van der Waals surface area contributed by atoms with Crippen LogP contribution in [0.4, 0.5) is 5.69 Å². The number of hydrogen-bond acceptors (Lipinski definition) is 4. The number of nitrogens with one attached hydrogen (secondary N) is 1. The molecule has 0 saturated carbocycles. The number of rotatable bonds is 6. The van der Waals surface area contributed by atoms with Crippen molar-refractivity contribution in [3.05, 3.63) is 75.3 Å². The third kappa shape index (κ3) is 4.62. The quantitative estimate of drug-likeness (QED) is 0.632. The molecule has 1 unspecified atom stereocenters. The summed E-state index contributed by atoms with van der Waals surface area (Å²) in [5.74, 6) is -0.293. The topological polar surface area (TPSA) is 92.5 Å². The predicted molar refractivity (Wildman–Crippen MR) is 85.9 cm³/mol. The molecule has 1 amide bonds. The fraction of sp³-hybridized carbons (Fsp3) is 0.235. The Hall–Kier alpha value is -2.73. The molecule has 23 heavy (non-hydrogen) atoms. The molecule has 0 fully saturated rings. The van der Waals surface area contributed by atoms with E-state index in [-0.39, 0.29) is 24.6 Å². The Morgan fingerprint density at radius 1 is 1.26 bits per heavy atom. The summed E-state index contributed by atoms with van der Waals surface area (Å²) in [6, 6.07) is 13.4. The lowest BCUT2D eigenvalue weighted by molar-refractivity contribution is -0.384. The standard InChI is InChI=1S/C17H18N2O4/c1-12-5-2-3-8-15(12)16(20)11-18-17(21)10-13-6-4-7-14(9-13)19(22)23/h2-9,16,20H,10-11H2,1H3,(H,18,21). The van der Waals surface area contributed by atoms with Crippen LogP contribution >= 0.6 is 0 Å². The van der Waals surface area contributed by atoms with Gasteiger partial charge in [-0.15, -0.1) is 0 Å². The fourth-order valence-corrected chi connectivity index (χ4v) is 2.31. The van der Waals surface area contributed by atoms with Gasteiger partial charge in [0.25, 0.3) is 5.69 Å². The molecule has 2 aromatic rings. The highest BCUT2D eigenvalue weighted by atomic mass is 16.6. The van der Waals surface area contributed by atoms with Crippen molar-refractivity contribution in [3.8, 4) is 0 Å². The van der Waals surface area contributed by atoms with E-state index in [0.717, 1.165) is 11.1 Å². The Bertz CT molecular complexity index is 715. The molecule has 120 valence electrons. The van der Waals surface area contributed by atoms with E-state index in [1.807, 2.05) is 31.2 Å². The van der Waals surface area contributed by atoms with Gasteiger partial charge in [0.15, 0.2) is 0 Å². The summed E-state index contributed by atoms with van der Waals surface area (Å²) in [6.45, 7) is 1.99. The first-order valence-corrected chi connectivity index (χ1v) is 7.21. The molecule has 2 N–H and O–H groups in total. The molecule has 2 rings (SSSR count). The zero-order valence-corrected chi connectivity index (χ0v) is 12.7. The van der Waals surface area contributed by atoms with E-state index < -0.39 is 11.0 Å². The van der Waals surface area contributed by atoms with Gasteiger partial charge < -0.3 is 10.4 Å². The lowest BCUT2D eigenvalue weighted by Gasteiger charge is -2.14. The second kappa shape index (κ2) is 7.51. The molecule has 0 aromatic heterocycles. The van der Waals surface area contributed by atoms with Gasteiger partial charge in [-0.25, -0.2) is 0 Å². The lowest BCUT2D eigenvalue weighted by atomic mass is 10.0. The molecule has 0 aliphatic carbocycles. The molecular formula is C17H18N2O4. The summed E-state index contributed by atoms with van der Waals surface area (Å²) >= 11 is 0. The maximum absolute atomic E-state index is 11.9. The summed E-state index contributed by atoms with van der Waals surface area (Å²) < 4.78 is 0. The van der Waals surface area contributed by atoms with E-state index in [4.69, 9.17) is 0 Å². The molecule has 0 bridgehead atoms. The van der Waals surface area contributed by atoms with Gasteiger partial charge in [-0.3, -0.25) is 14.9 Å². The van der Waals surface area contributed by atoms with E-state index in [0.29, 0.717) is 5.56 Å². The molecule has 6 nitrogen and oxygen atoms in total. The first-order valence-electron chi connectivity index (χ1n) is 7.21. The predicted octanol–water partition coefficient (Wildman–Crippen LogP) is 2.30. The van der Waals surface area contributed by atoms with Crippen molar-refractivity contribution in [1.29, 1.82) is 0 Å². The number of nitro benzene ring substituents is 1. The first-order chi connectivity index (χ1) is 11.0. The number of aliphatic hydroxyl groups excluding tert-OH is 1.